The number of nitrogens with zero attached hydrogens (tertiary/aromatic N) is 1. The smallest absolute Gasteiger partial charge is 0.316 e. The molecule has 1 aromatic heterocycles. The van der Waals surface area contributed by atoms with Crippen LogP contribution in [0.3, 0.4) is 0 Å². The van der Waals surface area contributed by atoms with Crippen LogP contribution in [0, 0.1) is 6.92 Å². The Labute approximate surface area is 104 Å². The van der Waals surface area contributed by atoms with Crippen molar-refractivity contribution in [1.82, 2.24) is 4.57 Å². The van der Waals surface area contributed by atoms with Crippen molar-refractivity contribution in [1.29, 1.82) is 0 Å². The molecule has 18 heavy (non-hydrogen) atoms. The second-order valence-corrected chi connectivity index (χ2v) is 4.66. The van der Waals surface area contributed by atoms with Crippen molar-refractivity contribution in [2.45, 2.75) is 45.7 Å². The summed E-state index contributed by atoms with van der Waals surface area (Å²) in [5.41, 5.74) is -1.12. The zero-order chi connectivity index (χ0) is 14.1. The third kappa shape index (κ3) is 2.76. The van der Waals surface area contributed by atoms with E-state index in [1.807, 2.05) is 6.92 Å². The van der Waals surface area contributed by atoms with Crippen molar-refractivity contribution >= 4 is 0 Å². The lowest BCUT2D eigenvalue weighted by Crippen LogP contribution is -2.29. The van der Waals surface area contributed by atoms with Gasteiger partial charge in [0.25, 0.3) is 5.56 Å². The van der Waals surface area contributed by atoms with Crippen LogP contribution < -0.4 is 5.56 Å². The van der Waals surface area contributed by atoms with Gasteiger partial charge < -0.3 is 4.57 Å². The Morgan fingerprint density at radius 3 is 2.39 bits per heavy atom. The maximum absolute atomic E-state index is 13.0. The largest absolute Gasteiger partial charge is 0.416 e. The lowest BCUT2D eigenvalue weighted by molar-refractivity contribution is -0.138. The Kier molecular flexibility index (Phi) is 4.24. The van der Waals surface area contributed by atoms with E-state index in [0.717, 1.165) is 12.5 Å². The normalized spacial score (nSPS) is 13.7. The third-order valence-corrected chi connectivity index (χ3v) is 3.23. The molecule has 0 radical (unpaired) electrons. The minimum Gasteiger partial charge on any atom is -0.316 e. The summed E-state index contributed by atoms with van der Waals surface area (Å²) < 4.78 is 40.3. The monoisotopic (exact) mass is 261 g/mol. The first kappa shape index (κ1) is 14.8. The predicted molar refractivity (Wildman–Crippen MR) is 64.7 cm³/mol. The lowest BCUT2D eigenvalue weighted by atomic mass is 9.92. The van der Waals surface area contributed by atoms with Gasteiger partial charge in [0.1, 0.15) is 0 Å². The second-order valence-electron chi connectivity index (χ2n) is 4.66. The van der Waals surface area contributed by atoms with Gasteiger partial charge in [0.2, 0.25) is 0 Å². The third-order valence-electron chi connectivity index (χ3n) is 3.23. The van der Waals surface area contributed by atoms with Gasteiger partial charge in [-0.1, -0.05) is 20.3 Å². The molecule has 0 saturated carbocycles. The summed E-state index contributed by atoms with van der Waals surface area (Å²) in [6.45, 7) is 5.07. The van der Waals surface area contributed by atoms with E-state index in [-0.39, 0.29) is 11.5 Å². The Morgan fingerprint density at radius 1 is 1.39 bits per heavy atom. The lowest BCUT2D eigenvalue weighted by Gasteiger charge is -2.19. The molecule has 0 bridgehead atoms. The van der Waals surface area contributed by atoms with Crippen LogP contribution in [0.25, 0.3) is 0 Å². The summed E-state index contributed by atoms with van der Waals surface area (Å²) in [5.74, 6) is -0.383. The van der Waals surface area contributed by atoms with Crippen LogP contribution >= 0.6 is 0 Å². The van der Waals surface area contributed by atoms with E-state index < -0.39 is 17.3 Å². The van der Waals surface area contributed by atoms with Crippen LogP contribution in [0.15, 0.2) is 10.9 Å². The fraction of sp³-hybridized carbons (Fsp3) is 0.615. The van der Waals surface area contributed by atoms with Gasteiger partial charge >= 0.3 is 6.18 Å². The van der Waals surface area contributed by atoms with Crippen LogP contribution in [0.2, 0.25) is 0 Å². The number of aromatic nitrogens is 1. The molecule has 2 nitrogen and oxygen atoms in total. The molecule has 0 aliphatic carbocycles. The van der Waals surface area contributed by atoms with E-state index in [9.17, 15) is 18.0 Å². The number of alkyl halides is 3. The summed E-state index contributed by atoms with van der Waals surface area (Å²) in [5, 5.41) is 0. The Balaban J connectivity index is 3.55. The molecular weight excluding hydrogens is 243 g/mol. The minimum atomic E-state index is -4.48. The molecular formula is C13H18F3NO. The number of hydrogen-bond acceptors (Lipinski definition) is 1. The van der Waals surface area contributed by atoms with Gasteiger partial charge in [-0.2, -0.15) is 13.2 Å². The average molecular weight is 261 g/mol. The summed E-state index contributed by atoms with van der Waals surface area (Å²) in [6, 6.07) is 1.06. The molecule has 0 fully saturated rings. The molecule has 0 spiro atoms. The van der Waals surface area contributed by atoms with Crippen LogP contribution in [0.5, 0.6) is 0 Å². The van der Waals surface area contributed by atoms with E-state index in [1.54, 1.807) is 6.92 Å². The quantitative estimate of drug-likeness (QED) is 0.814. The zero-order valence-corrected chi connectivity index (χ0v) is 11.1. The highest BCUT2D eigenvalue weighted by molar-refractivity contribution is 5.32. The topological polar surface area (TPSA) is 22.0 Å². The summed E-state index contributed by atoms with van der Waals surface area (Å²) in [6.07, 6.45) is -3.16. The first-order valence-electron chi connectivity index (χ1n) is 5.97. The fourth-order valence-corrected chi connectivity index (χ4v) is 2.13. The summed E-state index contributed by atoms with van der Waals surface area (Å²) >= 11 is 0. The Hall–Kier alpha value is -1.26. The summed E-state index contributed by atoms with van der Waals surface area (Å²) in [7, 11) is 1.50. The molecule has 1 aromatic rings. The summed E-state index contributed by atoms with van der Waals surface area (Å²) in [4.78, 5) is 12.0. The van der Waals surface area contributed by atoms with Crippen LogP contribution in [-0.4, -0.2) is 4.57 Å². The first-order valence-corrected chi connectivity index (χ1v) is 5.97. The molecule has 1 unspecified atom stereocenters. The molecule has 1 heterocycles. The molecule has 102 valence electrons. The van der Waals surface area contributed by atoms with Crippen molar-refractivity contribution in [2.24, 2.45) is 7.05 Å². The van der Waals surface area contributed by atoms with E-state index >= 15 is 0 Å². The predicted octanol–water partition coefficient (Wildman–Crippen LogP) is 3.62. The number of rotatable bonds is 3. The molecule has 1 atom stereocenters. The van der Waals surface area contributed by atoms with Crippen molar-refractivity contribution < 1.29 is 13.2 Å². The Morgan fingerprint density at radius 2 is 1.94 bits per heavy atom. The number of pyridine rings is 1. The molecule has 0 N–H and O–H groups in total. The van der Waals surface area contributed by atoms with Crippen LogP contribution in [0.4, 0.5) is 13.2 Å². The maximum Gasteiger partial charge on any atom is 0.416 e. The van der Waals surface area contributed by atoms with Crippen molar-refractivity contribution in [3.63, 3.8) is 0 Å². The standard InChI is InChI=1S/C13H18F3NO/c1-5-6-8(2)11-10(13(14,15)16)7-9(3)17(4)12(11)18/h7-8H,5-6H2,1-4H3. The van der Waals surface area contributed by atoms with Crippen molar-refractivity contribution in [3.05, 3.63) is 33.2 Å². The zero-order valence-electron chi connectivity index (χ0n) is 11.1. The fourth-order valence-electron chi connectivity index (χ4n) is 2.13. The van der Waals surface area contributed by atoms with Gasteiger partial charge in [-0.15, -0.1) is 0 Å². The maximum atomic E-state index is 13.0. The molecule has 1 rings (SSSR count). The van der Waals surface area contributed by atoms with E-state index in [1.165, 1.54) is 18.5 Å². The van der Waals surface area contributed by atoms with Gasteiger partial charge in [-0.3, -0.25) is 4.79 Å². The molecule has 0 amide bonds. The van der Waals surface area contributed by atoms with Gasteiger partial charge in [-0.05, 0) is 25.3 Å². The van der Waals surface area contributed by atoms with Gasteiger partial charge in [0.15, 0.2) is 0 Å². The number of hydrogen-bond donors (Lipinski definition) is 0. The van der Waals surface area contributed by atoms with E-state index in [0.29, 0.717) is 12.1 Å². The van der Waals surface area contributed by atoms with Gasteiger partial charge in [-0.25, -0.2) is 0 Å². The molecule has 0 saturated heterocycles. The highest BCUT2D eigenvalue weighted by Gasteiger charge is 2.36. The Bertz CT molecular complexity index is 488. The molecule has 5 heteroatoms. The van der Waals surface area contributed by atoms with Crippen molar-refractivity contribution in [2.75, 3.05) is 0 Å². The van der Waals surface area contributed by atoms with Gasteiger partial charge in [0.05, 0.1) is 5.56 Å². The van der Waals surface area contributed by atoms with E-state index in [2.05, 4.69) is 0 Å². The van der Waals surface area contributed by atoms with Crippen molar-refractivity contribution in [3.8, 4) is 0 Å². The highest BCUT2D eigenvalue weighted by Crippen LogP contribution is 2.35. The molecule has 0 aliphatic heterocycles. The average Bonchev–Trinajstić information content (AvgIpc) is 2.24. The second kappa shape index (κ2) is 5.16. The highest BCUT2D eigenvalue weighted by atomic mass is 19.4. The number of aryl methyl sites for hydroxylation is 1. The van der Waals surface area contributed by atoms with Crippen LogP contribution in [0.1, 0.15) is 49.4 Å². The minimum absolute atomic E-state index is 0.113. The van der Waals surface area contributed by atoms with Crippen LogP contribution in [-0.2, 0) is 13.2 Å². The molecule has 0 aromatic carbocycles. The van der Waals surface area contributed by atoms with E-state index in [4.69, 9.17) is 0 Å². The van der Waals surface area contributed by atoms with Gasteiger partial charge in [0, 0.05) is 18.3 Å². The molecule has 0 aliphatic rings. The first-order chi connectivity index (χ1) is 8.20. The number of halogens is 3. The SMILES string of the molecule is CCCC(C)c1c(C(F)(F)F)cc(C)n(C)c1=O.